The summed E-state index contributed by atoms with van der Waals surface area (Å²) >= 11 is 0. The van der Waals surface area contributed by atoms with E-state index < -0.39 is 5.97 Å². The first-order valence-corrected chi connectivity index (χ1v) is 4.57. The van der Waals surface area contributed by atoms with Crippen LogP contribution in [0.4, 0.5) is 0 Å². The van der Waals surface area contributed by atoms with E-state index in [0.717, 1.165) is 18.7 Å². The zero-order chi connectivity index (χ0) is 10.4. The minimum Gasteiger partial charge on any atom is -0.481 e. The number of carboxylic acid groups (broad SMARTS) is 1. The van der Waals surface area contributed by atoms with E-state index in [0.29, 0.717) is 0 Å². The van der Waals surface area contributed by atoms with E-state index in [2.05, 4.69) is 11.5 Å². The van der Waals surface area contributed by atoms with Crippen molar-refractivity contribution in [3.05, 3.63) is 12.2 Å². The molecule has 0 aliphatic heterocycles. The van der Waals surface area contributed by atoms with Crippen LogP contribution in [0.25, 0.3) is 0 Å². The minimum absolute atomic E-state index is 0.0826. The normalized spacial score (nSPS) is 12.9. The summed E-state index contributed by atoms with van der Waals surface area (Å²) in [4.78, 5) is 12.6. The van der Waals surface area contributed by atoms with E-state index in [4.69, 9.17) is 5.11 Å². The van der Waals surface area contributed by atoms with Crippen molar-refractivity contribution in [1.82, 2.24) is 4.90 Å². The molecule has 0 aromatic heterocycles. The first-order valence-electron chi connectivity index (χ1n) is 4.57. The van der Waals surface area contributed by atoms with Gasteiger partial charge < -0.3 is 5.11 Å². The van der Waals surface area contributed by atoms with Crippen LogP contribution in [0.1, 0.15) is 27.2 Å². The molecule has 13 heavy (non-hydrogen) atoms. The highest BCUT2D eigenvalue weighted by Crippen LogP contribution is 2.05. The van der Waals surface area contributed by atoms with Crippen molar-refractivity contribution in [3.63, 3.8) is 0 Å². The van der Waals surface area contributed by atoms with Gasteiger partial charge in [-0.3, -0.25) is 9.69 Å². The second-order valence-electron chi connectivity index (χ2n) is 3.47. The Hall–Kier alpha value is -0.830. The first-order chi connectivity index (χ1) is 5.97. The van der Waals surface area contributed by atoms with Gasteiger partial charge in [0.25, 0.3) is 0 Å². The van der Waals surface area contributed by atoms with Crippen molar-refractivity contribution in [2.45, 2.75) is 33.2 Å². The molecule has 1 N–H and O–H groups in total. The third-order valence-electron chi connectivity index (χ3n) is 1.97. The molecule has 0 aliphatic carbocycles. The molecule has 0 saturated carbocycles. The van der Waals surface area contributed by atoms with Gasteiger partial charge in [0.2, 0.25) is 0 Å². The topological polar surface area (TPSA) is 40.5 Å². The van der Waals surface area contributed by atoms with Gasteiger partial charge in [-0.25, -0.2) is 0 Å². The van der Waals surface area contributed by atoms with Gasteiger partial charge in [0.1, 0.15) is 0 Å². The highest BCUT2D eigenvalue weighted by Gasteiger charge is 2.14. The van der Waals surface area contributed by atoms with Gasteiger partial charge in [-0.1, -0.05) is 19.1 Å². The van der Waals surface area contributed by atoms with Crippen LogP contribution in [0.15, 0.2) is 12.2 Å². The maximum atomic E-state index is 10.5. The molecule has 0 spiro atoms. The summed E-state index contributed by atoms with van der Waals surface area (Å²) in [5.41, 5.74) is 1.07. The Bertz CT molecular complexity index is 189. The molecular weight excluding hydrogens is 166 g/mol. The highest BCUT2D eigenvalue weighted by atomic mass is 16.4. The molecule has 0 bridgehead atoms. The maximum Gasteiger partial charge on any atom is 0.304 e. The van der Waals surface area contributed by atoms with Gasteiger partial charge in [-0.05, 0) is 20.4 Å². The van der Waals surface area contributed by atoms with Crippen LogP contribution in [0.3, 0.4) is 0 Å². The second-order valence-corrected chi connectivity index (χ2v) is 3.47. The number of hydrogen-bond acceptors (Lipinski definition) is 2. The van der Waals surface area contributed by atoms with Crippen LogP contribution in [0.5, 0.6) is 0 Å². The Labute approximate surface area is 80.0 Å². The molecule has 0 rings (SSSR count). The highest BCUT2D eigenvalue weighted by molar-refractivity contribution is 5.67. The number of carbonyl (C=O) groups is 1. The number of likely N-dealkylation sites (N-methyl/N-ethyl adjacent to an activating group) is 1. The monoisotopic (exact) mass is 185 g/mol. The van der Waals surface area contributed by atoms with E-state index >= 15 is 0 Å². The van der Waals surface area contributed by atoms with Crippen LogP contribution in [0.2, 0.25) is 0 Å². The van der Waals surface area contributed by atoms with E-state index in [9.17, 15) is 4.79 Å². The summed E-state index contributed by atoms with van der Waals surface area (Å²) in [6.07, 6.45) is 0.196. The molecule has 76 valence electrons. The predicted molar refractivity (Wildman–Crippen MR) is 53.8 cm³/mol. The molecule has 1 atom stereocenters. The van der Waals surface area contributed by atoms with Crippen molar-refractivity contribution in [1.29, 1.82) is 0 Å². The van der Waals surface area contributed by atoms with Gasteiger partial charge in [0.05, 0.1) is 6.42 Å². The summed E-state index contributed by atoms with van der Waals surface area (Å²) in [5, 5.41) is 8.61. The van der Waals surface area contributed by atoms with Crippen LogP contribution >= 0.6 is 0 Å². The zero-order valence-corrected chi connectivity index (χ0v) is 8.71. The van der Waals surface area contributed by atoms with Crippen molar-refractivity contribution < 1.29 is 9.90 Å². The van der Waals surface area contributed by atoms with Gasteiger partial charge in [0.15, 0.2) is 0 Å². The first kappa shape index (κ1) is 12.2. The van der Waals surface area contributed by atoms with E-state index in [1.807, 2.05) is 20.8 Å². The molecule has 0 aliphatic rings. The Morgan fingerprint density at radius 2 is 2.15 bits per heavy atom. The molecule has 3 heteroatoms. The number of nitrogens with zero attached hydrogens (tertiary/aromatic N) is 1. The van der Waals surface area contributed by atoms with Crippen molar-refractivity contribution >= 4 is 5.97 Å². The van der Waals surface area contributed by atoms with Crippen LogP contribution in [-0.4, -0.2) is 35.1 Å². The molecule has 0 aromatic rings. The SMILES string of the molecule is C=C(C)CN(CC)C(C)CC(=O)O. The Morgan fingerprint density at radius 3 is 2.46 bits per heavy atom. The van der Waals surface area contributed by atoms with Gasteiger partial charge in [0, 0.05) is 12.6 Å². The summed E-state index contributed by atoms with van der Waals surface area (Å²) in [6.45, 7) is 11.4. The fraction of sp³-hybridized carbons (Fsp3) is 0.700. The minimum atomic E-state index is -0.743. The summed E-state index contributed by atoms with van der Waals surface area (Å²) in [6, 6.07) is 0.0826. The Kier molecular flexibility index (Phi) is 5.39. The van der Waals surface area contributed by atoms with Crippen LogP contribution < -0.4 is 0 Å². The molecular formula is C10H19NO2. The number of aliphatic carboxylic acids is 1. The van der Waals surface area contributed by atoms with Crippen molar-refractivity contribution in [2.24, 2.45) is 0 Å². The lowest BCUT2D eigenvalue weighted by molar-refractivity contribution is -0.138. The number of carboxylic acids is 1. The average molecular weight is 185 g/mol. The summed E-state index contributed by atoms with van der Waals surface area (Å²) in [5.74, 6) is -0.743. The standard InChI is InChI=1S/C10H19NO2/c1-5-11(7-8(2)3)9(4)6-10(12)13/h9H,2,5-7H2,1,3-4H3,(H,12,13). The third kappa shape index (κ3) is 5.42. The fourth-order valence-electron chi connectivity index (χ4n) is 1.31. The molecule has 0 amide bonds. The summed E-state index contributed by atoms with van der Waals surface area (Å²) < 4.78 is 0. The molecule has 1 unspecified atom stereocenters. The molecule has 0 radical (unpaired) electrons. The average Bonchev–Trinajstić information content (AvgIpc) is 1.98. The Balaban J connectivity index is 4.06. The zero-order valence-electron chi connectivity index (χ0n) is 8.71. The molecule has 0 saturated heterocycles. The quantitative estimate of drug-likeness (QED) is 0.641. The summed E-state index contributed by atoms with van der Waals surface area (Å²) in [7, 11) is 0. The van der Waals surface area contributed by atoms with E-state index in [-0.39, 0.29) is 12.5 Å². The van der Waals surface area contributed by atoms with Gasteiger partial charge in [-0.15, -0.1) is 0 Å². The molecule has 3 nitrogen and oxygen atoms in total. The third-order valence-corrected chi connectivity index (χ3v) is 1.97. The number of rotatable bonds is 6. The van der Waals surface area contributed by atoms with Gasteiger partial charge >= 0.3 is 5.97 Å². The largest absolute Gasteiger partial charge is 0.481 e. The molecule has 0 fully saturated rings. The molecule has 0 heterocycles. The van der Waals surface area contributed by atoms with E-state index in [1.54, 1.807) is 0 Å². The smallest absolute Gasteiger partial charge is 0.304 e. The van der Waals surface area contributed by atoms with E-state index in [1.165, 1.54) is 0 Å². The molecule has 0 aromatic carbocycles. The predicted octanol–water partition coefficient (Wildman–Crippen LogP) is 1.75. The van der Waals surface area contributed by atoms with Gasteiger partial charge in [-0.2, -0.15) is 0 Å². The van der Waals surface area contributed by atoms with Crippen LogP contribution in [-0.2, 0) is 4.79 Å². The lowest BCUT2D eigenvalue weighted by Gasteiger charge is -2.26. The fourth-order valence-corrected chi connectivity index (χ4v) is 1.31. The maximum absolute atomic E-state index is 10.5. The lowest BCUT2D eigenvalue weighted by atomic mass is 10.2. The van der Waals surface area contributed by atoms with Crippen LogP contribution in [0, 0.1) is 0 Å². The number of hydrogen-bond donors (Lipinski definition) is 1. The van der Waals surface area contributed by atoms with Crippen molar-refractivity contribution in [3.8, 4) is 0 Å². The lowest BCUT2D eigenvalue weighted by Crippen LogP contribution is -2.35. The second kappa shape index (κ2) is 5.75. The van der Waals surface area contributed by atoms with Crippen molar-refractivity contribution in [2.75, 3.05) is 13.1 Å². The Morgan fingerprint density at radius 1 is 1.62 bits per heavy atom.